The van der Waals surface area contributed by atoms with Crippen molar-refractivity contribution >= 4 is 11.6 Å². The molecule has 2 heterocycles. The average molecular weight is 312 g/mol. The van der Waals surface area contributed by atoms with Gasteiger partial charge in [0, 0.05) is 36.8 Å². The molecule has 0 fully saturated rings. The van der Waals surface area contributed by atoms with Crippen molar-refractivity contribution in [3.8, 4) is 11.3 Å². The molecular formula is C18H24N4O. The summed E-state index contributed by atoms with van der Waals surface area (Å²) < 4.78 is 2.26. The molecule has 1 aromatic carbocycles. The van der Waals surface area contributed by atoms with Crippen LogP contribution in [0.3, 0.4) is 0 Å². The number of amides is 1. The summed E-state index contributed by atoms with van der Waals surface area (Å²) >= 11 is 0. The molecule has 0 bridgehead atoms. The summed E-state index contributed by atoms with van der Waals surface area (Å²) in [6.45, 7) is 1.93. The van der Waals surface area contributed by atoms with E-state index in [2.05, 4.69) is 21.4 Å². The van der Waals surface area contributed by atoms with Crippen LogP contribution in [-0.4, -0.2) is 29.1 Å². The molecule has 1 amide bonds. The third kappa shape index (κ3) is 3.99. The number of hydrogen-bond acceptors (Lipinski definition) is 3. The van der Waals surface area contributed by atoms with Gasteiger partial charge in [0.15, 0.2) is 0 Å². The SMILES string of the molecule is CNCCCC(=O)Nc1ccc(-c2cn3c(n2)CCCC3)cc1. The largest absolute Gasteiger partial charge is 0.334 e. The minimum atomic E-state index is 0.0606. The van der Waals surface area contributed by atoms with E-state index >= 15 is 0 Å². The Balaban J connectivity index is 1.63. The fourth-order valence-electron chi connectivity index (χ4n) is 2.93. The lowest BCUT2D eigenvalue weighted by atomic mass is 10.1. The van der Waals surface area contributed by atoms with Gasteiger partial charge in [0.25, 0.3) is 0 Å². The van der Waals surface area contributed by atoms with Crippen molar-refractivity contribution in [2.24, 2.45) is 0 Å². The maximum atomic E-state index is 11.8. The van der Waals surface area contributed by atoms with Crippen molar-refractivity contribution in [2.45, 2.75) is 38.6 Å². The van der Waals surface area contributed by atoms with Crippen molar-refractivity contribution in [2.75, 3.05) is 18.9 Å². The highest BCUT2D eigenvalue weighted by Gasteiger charge is 2.13. The number of fused-ring (bicyclic) bond motifs is 1. The Morgan fingerprint density at radius 2 is 2.09 bits per heavy atom. The van der Waals surface area contributed by atoms with Gasteiger partial charge in [0.2, 0.25) is 5.91 Å². The van der Waals surface area contributed by atoms with Gasteiger partial charge in [-0.15, -0.1) is 0 Å². The van der Waals surface area contributed by atoms with Gasteiger partial charge in [-0.1, -0.05) is 12.1 Å². The third-order valence-corrected chi connectivity index (χ3v) is 4.20. The van der Waals surface area contributed by atoms with Gasteiger partial charge in [0.1, 0.15) is 5.82 Å². The number of imidazole rings is 1. The number of carbonyl (C=O) groups is 1. The summed E-state index contributed by atoms with van der Waals surface area (Å²) in [5.74, 6) is 1.25. The molecule has 3 rings (SSSR count). The number of carbonyl (C=O) groups excluding carboxylic acids is 1. The number of nitrogens with zero attached hydrogens (tertiary/aromatic N) is 2. The molecule has 0 spiro atoms. The highest BCUT2D eigenvalue weighted by Crippen LogP contribution is 2.24. The van der Waals surface area contributed by atoms with Crippen LogP contribution in [0.4, 0.5) is 5.69 Å². The van der Waals surface area contributed by atoms with Crippen molar-refractivity contribution < 1.29 is 4.79 Å². The minimum Gasteiger partial charge on any atom is -0.334 e. The van der Waals surface area contributed by atoms with Crippen molar-refractivity contribution in [1.82, 2.24) is 14.9 Å². The predicted octanol–water partition coefficient (Wildman–Crippen LogP) is 2.82. The molecule has 5 nitrogen and oxygen atoms in total. The summed E-state index contributed by atoms with van der Waals surface area (Å²) in [6, 6.07) is 7.95. The topological polar surface area (TPSA) is 59.0 Å². The lowest BCUT2D eigenvalue weighted by Gasteiger charge is -2.11. The highest BCUT2D eigenvalue weighted by atomic mass is 16.1. The van der Waals surface area contributed by atoms with Crippen LogP contribution in [0.5, 0.6) is 0 Å². The summed E-state index contributed by atoms with van der Waals surface area (Å²) in [6.07, 6.45) is 7.06. The summed E-state index contributed by atoms with van der Waals surface area (Å²) in [5.41, 5.74) is 2.96. The second-order valence-electron chi connectivity index (χ2n) is 6.03. The van der Waals surface area contributed by atoms with Gasteiger partial charge in [0.05, 0.1) is 5.69 Å². The molecule has 1 aliphatic rings. The fraction of sp³-hybridized carbons (Fsp3) is 0.444. The van der Waals surface area contributed by atoms with E-state index in [1.54, 1.807) is 0 Å². The number of aromatic nitrogens is 2. The Labute approximate surface area is 137 Å². The molecule has 0 atom stereocenters. The van der Waals surface area contributed by atoms with Crippen LogP contribution in [0.1, 0.15) is 31.5 Å². The van der Waals surface area contributed by atoms with Crippen LogP contribution >= 0.6 is 0 Å². The highest BCUT2D eigenvalue weighted by molar-refractivity contribution is 5.90. The molecule has 0 unspecified atom stereocenters. The van der Waals surface area contributed by atoms with Gasteiger partial charge in [-0.3, -0.25) is 4.79 Å². The molecule has 0 saturated heterocycles. The summed E-state index contributed by atoms with van der Waals surface area (Å²) in [7, 11) is 1.89. The van der Waals surface area contributed by atoms with Crippen molar-refractivity contribution in [3.63, 3.8) is 0 Å². The van der Waals surface area contributed by atoms with E-state index in [4.69, 9.17) is 4.98 Å². The van der Waals surface area contributed by atoms with Crippen LogP contribution in [0, 0.1) is 0 Å². The Kier molecular flexibility index (Phi) is 5.08. The second-order valence-corrected chi connectivity index (χ2v) is 6.03. The molecule has 0 saturated carbocycles. The van der Waals surface area contributed by atoms with Gasteiger partial charge >= 0.3 is 0 Å². The van der Waals surface area contributed by atoms with E-state index in [0.717, 1.165) is 42.9 Å². The number of anilines is 1. The zero-order chi connectivity index (χ0) is 16.1. The molecule has 5 heteroatoms. The number of rotatable bonds is 6. The van der Waals surface area contributed by atoms with E-state index in [1.807, 2.05) is 31.3 Å². The van der Waals surface area contributed by atoms with Gasteiger partial charge in [-0.2, -0.15) is 0 Å². The molecule has 0 aliphatic carbocycles. The number of aryl methyl sites for hydroxylation is 2. The Hall–Kier alpha value is -2.14. The fourth-order valence-corrected chi connectivity index (χ4v) is 2.93. The standard InChI is InChI=1S/C18H24N4O/c1-19-11-4-6-18(23)20-15-9-7-14(8-10-15)16-13-22-12-3-2-5-17(22)21-16/h7-10,13,19H,2-6,11-12H2,1H3,(H,20,23). The normalized spacial score (nSPS) is 13.6. The Morgan fingerprint density at radius 1 is 1.26 bits per heavy atom. The van der Waals surface area contributed by atoms with Crippen LogP contribution in [0.25, 0.3) is 11.3 Å². The average Bonchev–Trinajstić information content (AvgIpc) is 3.00. The summed E-state index contributed by atoms with van der Waals surface area (Å²) in [4.78, 5) is 16.6. The molecule has 0 radical (unpaired) electrons. The van der Waals surface area contributed by atoms with E-state index in [1.165, 1.54) is 18.7 Å². The maximum Gasteiger partial charge on any atom is 0.224 e. The van der Waals surface area contributed by atoms with Crippen LogP contribution in [0.15, 0.2) is 30.5 Å². The Morgan fingerprint density at radius 3 is 2.83 bits per heavy atom. The molecule has 2 aromatic rings. The zero-order valence-corrected chi connectivity index (χ0v) is 13.6. The molecule has 23 heavy (non-hydrogen) atoms. The molecule has 1 aromatic heterocycles. The quantitative estimate of drug-likeness (QED) is 0.806. The first-order valence-corrected chi connectivity index (χ1v) is 8.37. The van der Waals surface area contributed by atoms with Crippen molar-refractivity contribution in [3.05, 3.63) is 36.3 Å². The molecule has 122 valence electrons. The molecule has 1 aliphatic heterocycles. The lowest BCUT2D eigenvalue weighted by molar-refractivity contribution is -0.116. The second kappa shape index (κ2) is 7.42. The summed E-state index contributed by atoms with van der Waals surface area (Å²) in [5, 5.41) is 5.98. The first-order chi connectivity index (χ1) is 11.3. The van der Waals surface area contributed by atoms with Gasteiger partial charge in [-0.05, 0) is 45.0 Å². The number of nitrogens with one attached hydrogen (secondary N) is 2. The number of hydrogen-bond donors (Lipinski definition) is 2. The first kappa shape index (κ1) is 15.7. The van der Waals surface area contributed by atoms with Crippen LogP contribution in [0.2, 0.25) is 0 Å². The minimum absolute atomic E-state index is 0.0606. The van der Waals surface area contributed by atoms with E-state index in [0.29, 0.717) is 6.42 Å². The van der Waals surface area contributed by atoms with E-state index in [9.17, 15) is 4.79 Å². The van der Waals surface area contributed by atoms with Crippen LogP contribution in [-0.2, 0) is 17.8 Å². The first-order valence-electron chi connectivity index (χ1n) is 8.37. The van der Waals surface area contributed by atoms with E-state index < -0.39 is 0 Å². The van der Waals surface area contributed by atoms with Crippen molar-refractivity contribution in [1.29, 1.82) is 0 Å². The van der Waals surface area contributed by atoms with Gasteiger partial charge in [-0.25, -0.2) is 4.98 Å². The lowest BCUT2D eigenvalue weighted by Crippen LogP contribution is -2.15. The van der Waals surface area contributed by atoms with E-state index in [-0.39, 0.29) is 5.91 Å². The molecular weight excluding hydrogens is 288 g/mol. The third-order valence-electron chi connectivity index (χ3n) is 4.20. The zero-order valence-electron chi connectivity index (χ0n) is 13.6. The monoisotopic (exact) mass is 312 g/mol. The van der Waals surface area contributed by atoms with Crippen LogP contribution < -0.4 is 10.6 Å². The number of benzene rings is 1. The smallest absolute Gasteiger partial charge is 0.224 e. The van der Waals surface area contributed by atoms with Gasteiger partial charge < -0.3 is 15.2 Å². The Bertz CT molecular complexity index is 637. The molecule has 2 N–H and O–H groups in total. The predicted molar refractivity (Wildman–Crippen MR) is 92.4 cm³/mol. The maximum absolute atomic E-state index is 11.8.